The second kappa shape index (κ2) is 15.9. The molecule has 0 spiro atoms. The molecule has 0 saturated carbocycles. The number of allylic oxidation sites excluding steroid dienone is 1. The van der Waals surface area contributed by atoms with Crippen molar-refractivity contribution >= 4 is 36.4 Å². The summed E-state index contributed by atoms with van der Waals surface area (Å²) in [5.41, 5.74) is 3.77. The minimum absolute atomic E-state index is 0. The summed E-state index contributed by atoms with van der Waals surface area (Å²) in [5, 5.41) is 6.49. The molecule has 37 heavy (non-hydrogen) atoms. The topological polar surface area (TPSA) is 103 Å². The van der Waals surface area contributed by atoms with Crippen molar-refractivity contribution in [3.05, 3.63) is 63.5 Å². The van der Waals surface area contributed by atoms with Gasteiger partial charge in [0.05, 0.1) is 36.9 Å². The van der Waals surface area contributed by atoms with Gasteiger partial charge < -0.3 is 24.8 Å². The summed E-state index contributed by atoms with van der Waals surface area (Å²) in [4.78, 5) is 39.1. The fraction of sp³-hybridized carbons (Fsp3) is 0.464. The van der Waals surface area contributed by atoms with Crippen LogP contribution in [0.3, 0.4) is 0 Å². The van der Waals surface area contributed by atoms with Gasteiger partial charge >= 0.3 is 17.9 Å². The third-order valence-electron chi connectivity index (χ3n) is 5.74. The van der Waals surface area contributed by atoms with Crippen LogP contribution in [0.4, 0.5) is 0 Å². The number of dihydropyridines is 1. The molecule has 0 aliphatic carbocycles. The van der Waals surface area contributed by atoms with Crippen molar-refractivity contribution in [3.8, 4) is 0 Å². The summed E-state index contributed by atoms with van der Waals surface area (Å²) in [7, 11) is 0. The molecule has 1 atom stereocenters. The Morgan fingerprint density at radius 2 is 1.51 bits per heavy atom. The van der Waals surface area contributed by atoms with Gasteiger partial charge in [0.2, 0.25) is 0 Å². The highest BCUT2D eigenvalue weighted by Gasteiger charge is 2.39. The van der Waals surface area contributed by atoms with Gasteiger partial charge in [-0.2, -0.15) is 0 Å². The average molecular weight is 535 g/mol. The van der Waals surface area contributed by atoms with Crippen LogP contribution in [0.2, 0.25) is 0 Å². The van der Waals surface area contributed by atoms with E-state index in [9.17, 15) is 14.4 Å². The van der Waals surface area contributed by atoms with E-state index in [0.717, 1.165) is 0 Å². The molecule has 1 aliphatic rings. The maximum absolute atomic E-state index is 13.4. The molecule has 0 bridgehead atoms. The predicted molar refractivity (Wildman–Crippen MR) is 146 cm³/mol. The Morgan fingerprint density at radius 1 is 0.919 bits per heavy atom. The lowest BCUT2D eigenvalue weighted by Crippen LogP contribution is -2.37. The Hall–Kier alpha value is -3.10. The van der Waals surface area contributed by atoms with Crippen molar-refractivity contribution in [1.29, 1.82) is 0 Å². The van der Waals surface area contributed by atoms with E-state index in [1.165, 1.54) is 0 Å². The van der Waals surface area contributed by atoms with Crippen molar-refractivity contribution in [2.45, 2.75) is 53.9 Å². The number of halogens is 1. The van der Waals surface area contributed by atoms with E-state index in [-0.39, 0.29) is 32.2 Å². The van der Waals surface area contributed by atoms with E-state index >= 15 is 0 Å². The second-order valence-electron chi connectivity index (χ2n) is 8.08. The Morgan fingerprint density at radius 3 is 2.08 bits per heavy atom. The molecule has 0 radical (unpaired) electrons. The fourth-order valence-corrected chi connectivity index (χ4v) is 4.15. The van der Waals surface area contributed by atoms with Gasteiger partial charge in [-0.3, -0.25) is 0 Å². The van der Waals surface area contributed by atoms with Crippen LogP contribution in [0.1, 0.15) is 65.0 Å². The van der Waals surface area contributed by atoms with Gasteiger partial charge in [0.25, 0.3) is 0 Å². The first-order valence-corrected chi connectivity index (χ1v) is 12.6. The van der Waals surface area contributed by atoms with E-state index < -0.39 is 23.8 Å². The maximum Gasteiger partial charge on any atom is 0.336 e. The van der Waals surface area contributed by atoms with Crippen molar-refractivity contribution in [3.63, 3.8) is 0 Å². The lowest BCUT2D eigenvalue weighted by molar-refractivity contribution is -0.140. The monoisotopic (exact) mass is 534 g/mol. The summed E-state index contributed by atoms with van der Waals surface area (Å²) in [6.07, 6.45) is 2.23. The van der Waals surface area contributed by atoms with Crippen molar-refractivity contribution in [2.75, 3.05) is 32.9 Å². The van der Waals surface area contributed by atoms with E-state index in [0.29, 0.717) is 58.8 Å². The van der Waals surface area contributed by atoms with E-state index in [2.05, 4.69) is 10.6 Å². The van der Waals surface area contributed by atoms with Crippen LogP contribution in [-0.4, -0.2) is 50.8 Å². The Kier molecular flexibility index (Phi) is 13.7. The minimum Gasteiger partial charge on any atom is -0.463 e. The number of likely N-dealkylation sites (N-methyl/N-ethyl adjacent to an activating group) is 1. The van der Waals surface area contributed by atoms with Gasteiger partial charge in [-0.25, -0.2) is 14.4 Å². The van der Waals surface area contributed by atoms with Gasteiger partial charge in [-0.05, 0) is 57.9 Å². The summed E-state index contributed by atoms with van der Waals surface area (Å²) < 4.78 is 16.1. The molecule has 0 aromatic heterocycles. The summed E-state index contributed by atoms with van der Waals surface area (Å²) in [5.74, 6) is -2.19. The van der Waals surface area contributed by atoms with Crippen molar-refractivity contribution < 1.29 is 28.6 Å². The number of carbonyl (C=O) groups excluding carboxylic acids is 3. The van der Waals surface area contributed by atoms with Crippen LogP contribution in [0, 0.1) is 0 Å². The first-order valence-electron chi connectivity index (χ1n) is 12.6. The fourth-order valence-electron chi connectivity index (χ4n) is 4.15. The number of ether oxygens (including phenoxy) is 3. The van der Waals surface area contributed by atoms with Crippen LogP contribution in [0.15, 0.2) is 52.4 Å². The largest absolute Gasteiger partial charge is 0.463 e. The molecule has 0 fully saturated rings. The molecular weight excluding hydrogens is 496 g/mol. The van der Waals surface area contributed by atoms with Crippen LogP contribution in [0.25, 0.3) is 6.08 Å². The molecule has 204 valence electrons. The molecule has 2 N–H and O–H groups in total. The minimum atomic E-state index is -0.759. The van der Waals surface area contributed by atoms with Crippen molar-refractivity contribution in [2.24, 2.45) is 0 Å². The maximum atomic E-state index is 13.4. The molecule has 1 aromatic rings. The second-order valence-corrected chi connectivity index (χ2v) is 8.08. The zero-order chi connectivity index (χ0) is 26.7. The van der Waals surface area contributed by atoms with Crippen LogP contribution < -0.4 is 10.6 Å². The normalized spacial score (nSPS) is 15.5. The lowest BCUT2D eigenvalue weighted by Gasteiger charge is -2.32. The molecule has 9 heteroatoms. The Labute approximate surface area is 225 Å². The van der Waals surface area contributed by atoms with Crippen molar-refractivity contribution in [1.82, 2.24) is 10.6 Å². The van der Waals surface area contributed by atoms with Gasteiger partial charge in [-0.1, -0.05) is 38.1 Å². The van der Waals surface area contributed by atoms with Gasteiger partial charge in [0.15, 0.2) is 0 Å². The number of benzene rings is 1. The number of esters is 3. The van der Waals surface area contributed by atoms with E-state index in [1.807, 2.05) is 38.1 Å². The summed E-state index contributed by atoms with van der Waals surface area (Å²) in [6, 6.07) is 7.41. The number of rotatable bonds is 12. The summed E-state index contributed by atoms with van der Waals surface area (Å²) in [6.45, 7) is 12.6. The molecule has 1 aromatic carbocycles. The lowest BCUT2D eigenvalue weighted by atomic mass is 9.78. The highest BCUT2D eigenvalue weighted by Crippen LogP contribution is 2.41. The summed E-state index contributed by atoms with van der Waals surface area (Å²) >= 11 is 0. The first-order chi connectivity index (χ1) is 17.3. The zero-order valence-electron chi connectivity index (χ0n) is 22.6. The molecule has 1 unspecified atom stereocenters. The SMILES string of the molecule is CCNCC1=C(C(=O)OCC)C(c2ccccc2C=C(CC)C(=O)OCC)C(C(=O)OCC)=C(C)N1.Cl. The smallest absolute Gasteiger partial charge is 0.336 e. The molecule has 8 nitrogen and oxygen atoms in total. The molecule has 1 heterocycles. The standard InChI is InChI=1S/C28H38N2O6.ClH/c1-7-19(26(31)34-9-3)16-20-14-12-13-15-21(20)24-23(27(32)35-10-4)18(6)30-22(17-29-8-2)25(24)28(33)36-11-5;/h12-16,24,29-30H,7-11,17H2,1-6H3;1H. The average Bonchev–Trinajstić information content (AvgIpc) is 2.86. The number of nitrogens with one attached hydrogen (secondary N) is 2. The van der Waals surface area contributed by atoms with Crippen LogP contribution in [0.5, 0.6) is 0 Å². The van der Waals surface area contributed by atoms with Crippen LogP contribution in [-0.2, 0) is 28.6 Å². The quantitative estimate of drug-likeness (QED) is 0.231. The highest BCUT2D eigenvalue weighted by molar-refractivity contribution is 6.01. The molecule has 1 aliphatic heterocycles. The molecule has 0 amide bonds. The predicted octanol–water partition coefficient (Wildman–Crippen LogP) is 4.42. The van der Waals surface area contributed by atoms with E-state index in [1.54, 1.807) is 33.8 Å². The number of hydrogen-bond donors (Lipinski definition) is 2. The molecule has 0 saturated heterocycles. The van der Waals surface area contributed by atoms with E-state index in [4.69, 9.17) is 14.2 Å². The Bertz CT molecular complexity index is 1060. The highest BCUT2D eigenvalue weighted by atomic mass is 35.5. The number of hydrogen-bond acceptors (Lipinski definition) is 8. The Balaban J connectivity index is 0.00000684. The first kappa shape index (κ1) is 31.9. The zero-order valence-corrected chi connectivity index (χ0v) is 23.4. The third-order valence-corrected chi connectivity index (χ3v) is 5.74. The van der Waals surface area contributed by atoms with Gasteiger partial charge in [-0.15, -0.1) is 12.4 Å². The van der Waals surface area contributed by atoms with Gasteiger partial charge in [0, 0.05) is 23.5 Å². The molecule has 2 rings (SSSR count). The number of carbonyl (C=O) groups is 3. The third kappa shape index (κ3) is 7.94. The molecular formula is C28H39ClN2O6. The van der Waals surface area contributed by atoms with Crippen LogP contribution >= 0.6 is 12.4 Å². The van der Waals surface area contributed by atoms with Gasteiger partial charge in [0.1, 0.15) is 0 Å².